The van der Waals surface area contributed by atoms with E-state index in [0.717, 1.165) is 25.7 Å². The molecule has 1 saturated carbocycles. The fraction of sp³-hybridized carbons (Fsp3) is 0.750. The van der Waals surface area contributed by atoms with Crippen molar-refractivity contribution in [3.05, 3.63) is 11.7 Å². The topological polar surface area (TPSA) is 88.2 Å². The molecule has 6 nitrogen and oxygen atoms in total. The first-order chi connectivity index (χ1) is 8.63. The Morgan fingerprint density at radius 3 is 2.78 bits per heavy atom. The number of carbonyl (C=O) groups excluding carboxylic acids is 1. The summed E-state index contributed by atoms with van der Waals surface area (Å²) in [7, 11) is 0. The van der Waals surface area contributed by atoms with E-state index < -0.39 is 0 Å². The lowest BCUT2D eigenvalue weighted by Gasteiger charge is -2.26. The van der Waals surface area contributed by atoms with Gasteiger partial charge >= 0.3 is 0 Å². The number of aliphatic hydroxyl groups is 1. The summed E-state index contributed by atoms with van der Waals surface area (Å²) >= 11 is 0. The predicted octanol–water partition coefficient (Wildman–Crippen LogP) is 0.730. The Morgan fingerprint density at radius 2 is 2.17 bits per heavy atom. The molecule has 1 amide bonds. The standard InChI is InChI=1S/C12H19N3O3/c1-8-13-12(18-15-8)7-6-11(17)14-9-2-4-10(16)5-3-9/h9-10,16H,2-7H2,1H3,(H,14,17). The van der Waals surface area contributed by atoms with Crippen molar-refractivity contribution in [2.45, 2.75) is 57.6 Å². The third-order valence-electron chi connectivity index (χ3n) is 3.20. The molecule has 0 aromatic carbocycles. The van der Waals surface area contributed by atoms with Crippen molar-refractivity contribution in [1.29, 1.82) is 0 Å². The van der Waals surface area contributed by atoms with Crippen LogP contribution in [0.2, 0.25) is 0 Å². The molecule has 0 saturated heterocycles. The molecule has 0 unspecified atom stereocenters. The number of amides is 1. The molecule has 18 heavy (non-hydrogen) atoms. The lowest BCUT2D eigenvalue weighted by molar-refractivity contribution is -0.122. The van der Waals surface area contributed by atoms with Crippen LogP contribution < -0.4 is 5.32 Å². The van der Waals surface area contributed by atoms with E-state index in [9.17, 15) is 9.90 Å². The van der Waals surface area contributed by atoms with E-state index >= 15 is 0 Å². The van der Waals surface area contributed by atoms with Crippen molar-refractivity contribution in [2.24, 2.45) is 0 Å². The zero-order valence-electron chi connectivity index (χ0n) is 10.6. The molecule has 1 fully saturated rings. The summed E-state index contributed by atoms with van der Waals surface area (Å²) in [6, 6.07) is 0.199. The minimum atomic E-state index is -0.195. The Balaban J connectivity index is 1.69. The van der Waals surface area contributed by atoms with Crippen molar-refractivity contribution >= 4 is 5.91 Å². The number of aromatic nitrogens is 2. The minimum Gasteiger partial charge on any atom is -0.393 e. The second-order valence-corrected chi connectivity index (χ2v) is 4.81. The number of aryl methyl sites for hydroxylation is 2. The quantitative estimate of drug-likeness (QED) is 0.825. The third kappa shape index (κ3) is 3.80. The van der Waals surface area contributed by atoms with Crippen LogP contribution in [0.15, 0.2) is 4.52 Å². The Morgan fingerprint density at radius 1 is 1.44 bits per heavy atom. The molecule has 0 radical (unpaired) electrons. The zero-order valence-corrected chi connectivity index (χ0v) is 10.6. The van der Waals surface area contributed by atoms with E-state index in [1.807, 2.05) is 0 Å². The fourth-order valence-corrected chi connectivity index (χ4v) is 2.18. The molecular weight excluding hydrogens is 234 g/mol. The molecule has 6 heteroatoms. The molecule has 1 heterocycles. The van der Waals surface area contributed by atoms with E-state index in [-0.39, 0.29) is 18.1 Å². The smallest absolute Gasteiger partial charge is 0.227 e. The van der Waals surface area contributed by atoms with Crippen molar-refractivity contribution in [1.82, 2.24) is 15.5 Å². The maximum Gasteiger partial charge on any atom is 0.227 e. The summed E-state index contributed by atoms with van der Waals surface area (Å²) in [4.78, 5) is 15.8. The summed E-state index contributed by atoms with van der Waals surface area (Å²) in [5.41, 5.74) is 0. The highest BCUT2D eigenvalue weighted by Gasteiger charge is 2.20. The lowest BCUT2D eigenvalue weighted by atomic mass is 9.93. The van der Waals surface area contributed by atoms with E-state index in [1.54, 1.807) is 6.92 Å². The minimum absolute atomic E-state index is 0.00671. The molecule has 1 aliphatic rings. The number of hydrogen-bond donors (Lipinski definition) is 2. The SMILES string of the molecule is Cc1noc(CCC(=O)NC2CCC(O)CC2)n1. The molecule has 2 N–H and O–H groups in total. The Kier molecular flexibility index (Phi) is 4.30. The average Bonchev–Trinajstić information content (AvgIpc) is 2.76. The number of nitrogens with zero attached hydrogens (tertiary/aromatic N) is 2. The van der Waals surface area contributed by atoms with Gasteiger partial charge in [0.25, 0.3) is 0 Å². The van der Waals surface area contributed by atoms with Crippen LogP contribution in [0.1, 0.15) is 43.8 Å². The van der Waals surface area contributed by atoms with Gasteiger partial charge in [0, 0.05) is 18.9 Å². The van der Waals surface area contributed by atoms with Crippen LogP contribution in [0, 0.1) is 6.92 Å². The first-order valence-electron chi connectivity index (χ1n) is 6.40. The Bertz CT molecular complexity index is 397. The molecule has 2 rings (SSSR count). The second kappa shape index (κ2) is 5.95. The van der Waals surface area contributed by atoms with Gasteiger partial charge in [0.1, 0.15) is 0 Å². The van der Waals surface area contributed by atoms with Crippen LogP contribution >= 0.6 is 0 Å². The largest absolute Gasteiger partial charge is 0.393 e. The maximum absolute atomic E-state index is 11.7. The number of aliphatic hydroxyl groups excluding tert-OH is 1. The second-order valence-electron chi connectivity index (χ2n) is 4.81. The van der Waals surface area contributed by atoms with Crippen molar-refractivity contribution < 1.29 is 14.4 Å². The molecule has 0 spiro atoms. The number of rotatable bonds is 4. The van der Waals surface area contributed by atoms with Crippen molar-refractivity contribution in [3.8, 4) is 0 Å². The highest BCUT2D eigenvalue weighted by molar-refractivity contribution is 5.76. The molecule has 0 atom stereocenters. The van der Waals surface area contributed by atoms with E-state index in [0.29, 0.717) is 24.6 Å². The van der Waals surface area contributed by atoms with Crippen LogP contribution in [0.4, 0.5) is 0 Å². The molecule has 0 bridgehead atoms. The summed E-state index contributed by atoms with van der Waals surface area (Å²) in [5.74, 6) is 1.10. The first-order valence-corrected chi connectivity index (χ1v) is 6.40. The third-order valence-corrected chi connectivity index (χ3v) is 3.20. The lowest BCUT2D eigenvalue weighted by Crippen LogP contribution is -2.38. The highest BCUT2D eigenvalue weighted by atomic mass is 16.5. The van der Waals surface area contributed by atoms with E-state index in [2.05, 4.69) is 15.5 Å². The normalized spacial score (nSPS) is 23.9. The molecule has 1 aromatic rings. The molecule has 0 aliphatic heterocycles. The van der Waals surface area contributed by atoms with Gasteiger partial charge < -0.3 is 14.9 Å². The van der Waals surface area contributed by atoms with Gasteiger partial charge in [-0.05, 0) is 32.6 Å². The number of hydrogen-bond acceptors (Lipinski definition) is 5. The summed E-state index contributed by atoms with van der Waals surface area (Å²) in [6.45, 7) is 1.75. The monoisotopic (exact) mass is 253 g/mol. The van der Waals surface area contributed by atoms with Gasteiger partial charge in [-0.3, -0.25) is 4.79 Å². The Labute approximate surface area is 106 Å². The van der Waals surface area contributed by atoms with Gasteiger partial charge in [0.2, 0.25) is 11.8 Å². The molecular formula is C12H19N3O3. The predicted molar refractivity (Wildman–Crippen MR) is 63.8 cm³/mol. The highest BCUT2D eigenvalue weighted by Crippen LogP contribution is 2.18. The van der Waals surface area contributed by atoms with Crippen LogP contribution in [0.3, 0.4) is 0 Å². The van der Waals surface area contributed by atoms with Crippen LogP contribution in [0.25, 0.3) is 0 Å². The Hall–Kier alpha value is -1.43. The van der Waals surface area contributed by atoms with Gasteiger partial charge in [-0.2, -0.15) is 4.98 Å². The zero-order chi connectivity index (χ0) is 13.0. The summed E-state index contributed by atoms with van der Waals surface area (Å²) in [5, 5.41) is 16.0. The van der Waals surface area contributed by atoms with Crippen molar-refractivity contribution in [3.63, 3.8) is 0 Å². The fourth-order valence-electron chi connectivity index (χ4n) is 2.18. The molecule has 100 valence electrons. The molecule has 1 aliphatic carbocycles. The summed E-state index contributed by atoms with van der Waals surface area (Å²) < 4.78 is 4.94. The van der Waals surface area contributed by atoms with Crippen molar-refractivity contribution in [2.75, 3.05) is 0 Å². The van der Waals surface area contributed by atoms with Crippen LogP contribution in [0.5, 0.6) is 0 Å². The van der Waals surface area contributed by atoms with E-state index in [4.69, 9.17) is 4.52 Å². The van der Waals surface area contributed by atoms with Gasteiger partial charge in [-0.1, -0.05) is 5.16 Å². The van der Waals surface area contributed by atoms with Gasteiger partial charge in [0.15, 0.2) is 5.82 Å². The number of nitrogens with one attached hydrogen (secondary N) is 1. The van der Waals surface area contributed by atoms with Gasteiger partial charge in [0.05, 0.1) is 6.10 Å². The molecule has 1 aromatic heterocycles. The number of carbonyl (C=O) groups is 1. The maximum atomic E-state index is 11.7. The van der Waals surface area contributed by atoms with Crippen LogP contribution in [-0.2, 0) is 11.2 Å². The van der Waals surface area contributed by atoms with Gasteiger partial charge in [-0.15, -0.1) is 0 Å². The van der Waals surface area contributed by atoms with Gasteiger partial charge in [-0.25, -0.2) is 0 Å². The summed E-state index contributed by atoms with van der Waals surface area (Å²) in [6.07, 6.45) is 3.89. The first kappa shape index (κ1) is 13.0. The van der Waals surface area contributed by atoms with E-state index in [1.165, 1.54) is 0 Å². The average molecular weight is 253 g/mol. The van der Waals surface area contributed by atoms with Crippen LogP contribution in [-0.4, -0.2) is 33.3 Å².